The summed E-state index contributed by atoms with van der Waals surface area (Å²) < 4.78 is 0. The van der Waals surface area contributed by atoms with Crippen LogP contribution in [-0.4, -0.2) is 32.1 Å². The van der Waals surface area contributed by atoms with Gasteiger partial charge in [0.1, 0.15) is 0 Å². The summed E-state index contributed by atoms with van der Waals surface area (Å²) in [5.41, 5.74) is 3.64. The lowest BCUT2D eigenvalue weighted by Crippen LogP contribution is -1.98. The van der Waals surface area contributed by atoms with Crippen molar-refractivity contribution < 1.29 is 19.8 Å². The zero-order valence-corrected chi connectivity index (χ0v) is 13.9. The first kappa shape index (κ1) is 17.3. The van der Waals surface area contributed by atoms with Gasteiger partial charge in [0.25, 0.3) is 0 Å². The van der Waals surface area contributed by atoms with E-state index in [2.05, 4.69) is 9.97 Å². The second-order valence-electron chi connectivity index (χ2n) is 5.86. The van der Waals surface area contributed by atoms with Gasteiger partial charge in [-0.3, -0.25) is 9.59 Å². The minimum Gasteiger partial charge on any atom is -0.481 e. The molecule has 6 heteroatoms. The molecule has 6 nitrogen and oxygen atoms in total. The average Bonchev–Trinajstić information content (AvgIpc) is 3.20. The normalized spacial score (nSPS) is 10.5. The third-order valence-electron chi connectivity index (χ3n) is 4.03. The standard InChI is InChI=1S/2C10H9NO2/c2*12-10(13)5-7-6-11-9-4-2-1-3-8(7)9/h2*1-4,6,11H,5H2,(H,12,13). The molecule has 0 aliphatic rings. The van der Waals surface area contributed by atoms with E-state index in [1.807, 2.05) is 48.5 Å². The lowest BCUT2D eigenvalue weighted by molar-refractivity contribution is -0.137. The first-order valence-electron chi connectivity index (χ1n) is 8.08. The van der Waals surface area contributed by atoms with Gasteiger partial charge in [-0.25, -0.2) is 0 Å². The van der Waals surface area contributed by atoms with E-state index in [0.717, 1.165) is 32.9 Å². The molecule has 0 unspecified atom stereocenters. The number of nitrogens with one attached hydrogen (secondary N) is 2. The molecule has 2 aromatic heterocycles. The molecule has 0 spiro atoms. The van der Waals surface area contributed by atoms with Crippen molar-refractivity contribution in [3.63, 3.8) is 0 Å². The fourth-order valence-electron chi connectivity index (χ4n) is 2.88. The Morgan fingerprint density at radius 3 is 1.46 bits per heavy atom. The van der Waals surface area contributed by atoms with Crippen LogP contribution in [0.2, 0.25) is 0 Å². The summed E-state index contributed by atoms with van der Waals surface area (Å²) >= 11 is 0. The number of hydrogen-bond acceptors (Lipinski definition) is 2. The topological polar surface area (TPSA) is 106 Å². The van der Waals surface area contributed by atoms with Crippen molar-refractivity contribution in [3.05, 3.63) is 72.1 Å². The first-order valence-corrected chi connectivity index (χ1v) is 8.08. The van der Waals surface area contributed by atoms with Gasteiger partial charge in [0.15, 0.2) is 0 Å². The average molecular weight is 350 g/mol. The Labute approximate surface area is 149 Å². The first-order chi connectivity index (χ1) is 12.5. The molecule has 0 fully saturated rings. The van der Waals surface area contributed by atoms with Gasteiger partial charge in [-0.2, -0.15) is 0 Å². The molecule has 4 aromatic rings. The molecule has 2 heterocycles. The third kappa shape index (κ3) is 3.92. The number of aromatic amines is 2. The van der Waals surface area contributed by atoms with Gasteiger partial charge in [-0.15, -0.1) is 0 Å². The van der Waals surface area contributed by atoms with Crippen LogP contribution in [-0.2, 0) is 22.4 Å². The van der Waals surface area contributed by atoms with Crippen LogP contribution in [0.25, 0.3) is 21.8 Å². The second kappa shape index (κ2) is 7.57. The van der Waals surface area contributed by atoms with Crippen molar-refractivity contribution in [2.24, 2.45) is 0 Å². The Morgan fingerprint density at radius 2 is 1.08 bits per heavy atom. The smallest absolute Gasteiger partial charge is 0.307 e. The van der Waals surface area contributed by atoms with Crippen LogP contribution in [0.3, 0.4) is 0 Å². The van der Waals surface area contributed by atoms with Gasteiger partial charge < -0.3 is 20.2 Å². The SMILES string of the molecule is O=C(O)Cc1c[nH]c2ccccc12.O=C(O)Cc1c[nH]c2ccccc12. The van der Waals surface area contributed by atoms with E-state index in [1.54, 1.807) is 12.4 Å². The maximum absolute atomic E-state index is 10.5. The summed E-state index contributed by atoms with van der Waals surface area (Å²) in [7, 11) is 0. The molecular formula is C20H18N2O4. The largest absolute Gasteiger partial charge is 0.481 e. The van der Waals surface area contributed by atoms with Gasteiger partial charge in [-0.05, 0) is 23.3 Å². The number of rotatable bonds is 4. The minimum absolute atomic E-state index is 0.0734. The Bertz CT molecular complexity index is 976. The molecule has 2 aromatic carbocycles. The van der Waals surface area contributed by atoms with Gasteiger partial charge >= 0.3 is 11.9 Å². The van der Waals surface area contributed by atoms with Crippen LogP contribution in [0, 0.1) is 0 Å². The zero-order chi connectivity index (χ0) is 18.5. The highest BCUT2D eigenvalue weighted by Crippen LogP contribution is 2.18. The molecule has 0 aliphatic heterocycles. The number of carboxylic acid groups (broad SMARTS) is 2. The van der Waals surface area contributed by atoms with Crippen LogP contribution >= 0.6 is 0 Å². The van der Waals surface area contributed by atoms with Crippen molar-refractivity contribution in [3.8, 4) is 0 Å². The minimum atomic E-state index is -0.801. The lowest BCUT2D eigenvalue weighted by atomic mass is 10.1. The van der Waals surface area contributed by atoms with Crippen LogP contribution in [0.5, 0.6) is 0 Å². The summed E-state index contributed by atoms with van der Waals surface area (Å²) in [5, 5.41) is 19.2. The molecule has 0 amide bonds. The molecule has 4 N–H and O–H groups in total. The molecular weight excluding hydrogens is 332 g/mol. The number of hydrogen-bond donors (Lipinski definition) is 4. The number of carboxylic acids is 2. The van der Waals surface area contributed by atoms with Crippen LogP contribution in [0.4, 0.5) is 0 Å². The maximum atomic E-state index is 10.5. The Balaban J connectivity index is 0.000000151. The molecule has 0 bridgehead atoms. The quantitative estimate of drug-likeness (QED) is 0.451. The third-order valence-corrected chi connectivity index (χ3v) is 4.03. The monoisotopic (exact) mass is 350 g/mol. The Morgan fingerprint density at radius 1 is 0.692 bits per heavy atom. The zero-order valence-electron chi connectivity index (χ0n) is 13.9. The fourth-order valence-corrected chi connectivity index (χ4v) is 2.88. The molecule has 0 atom stereocenters. The highest BCUT2D eigenvalue weighted by atomic mass is 16.4. The molecule has 26 heavy (non-hydrogen) atoms. The summed E-state index contributed by atoms with van der Waals surface area (Å²) in [6, 6.07) is 15.4. The van der Waals surface area contributed by atoms with E-state index in [4.69, 9.17) is 10.2 Å². The molecule has 0 saturated carbocycles. The summed E-state index contributed by atoms with van der Waals surface area (Å²) in [4.78, 5) is 27.1. The van der Waals surface area contributed by atoms with E-state index >= 15 is 0 Å². The molecule has 0 saturated heterocycles. The molecule has 132 valence electrons. The number of aromatic nitrogens is 2. The van der Waals surface area contributed by atoms with E-state index in [0.29, 0.717) is 0 Å². The van der Waals surface area contributed by atoms with E-state index < -0.39 is 11.9 Å². The van der Waals surface area contributed by atoms with Crippen LogP contribution in [0.15, 0.2) is 60.9 Å². The van der Waals surface area contributed by atoms with Crippen LogP contribution in [0.1, 0.15) is 11.1 Å². The number of fused-ring (bicyclic) bond motifs is 2. The van der Waals surface area contributed by atoms with E-state index in [-0.39, 0.29) is 12.8 Å². The predicted molar refractivity (Wildman–Crippen MR) is 99.3 cm³/mol. The van der Waals surface area contributed by atoms with Gasteiger partial charge in [0, 0.05) is 34.2 Å². The summed E-state index contributed by atoms with van der Waals surface area (Å²) in [6.45, 7) is 0. The number of H-pyrrole nitrogens is 2. The summed E-state index contributed by atoms with van der Waals surface area (Å²) in [5.74, 6) is -1.60. The highest BCUT2D eigenvalue weighted by Gasteiger charge is 2.06. The van der Waals surface area contributed by atoms with E-state index in [9.17, 15) is 9.59 Å². The van der Waals surface area contributed by atoms with E-state index in [1.165, 1.54) is 0 Å². The molecule has 0 radical (unpaired) electrons. The van der Waals surface area contributed by atoms with Crippen molar-refractivity contribution >= 4 is 33.7 Å². The Kier molecular flexibility index (Phi) is 5.03. The molecule has 4 rings (SSSR count). The van der Waals surface area contributed by atoms with Gasteiger partial charge in [0.05, 0.1) is 12.8 Å². The van der Waals surface area contributed by atoms with Crippen LogP contribution < -0.4 is 0 Å². The lowest BCUT2D eigenvalue weighted by Gasteiger charge is -1.92. The second-order valence-corrected chi connectivity index (χ2v) is 5.86. The van der Waals surface area contributed by atoms with Gasteiger partial charge in [-0.1, -0.05) is 36.4 Å². The van der Waals surface area contributed by atoms with Crippen molar-refractivity contribution in [1.29, 1.82) is 0 Å². The fraction of sp³-hybridized carbons (Fsp3) is 0.100. The van der Waals surface area contributed by atoms with Gasteiger partial charge in [0.2, 0.25) is 0 Å². The number of aliphatic carboxylic acids is 2. The Hall–Kier alpha value is -3.54. The van der Waals surface area contributed by atoms with Crippen molar-refractivity contribution in [1.82, 2.24) is 9.97 Å². The predicted octanol–water partition coefficient (Wildman–Crippen LogP) is 3.59. The number of carbonyl (C=O) groups is 2. The number of benzene rings is 2. The number of para-hydroxylation sites is 2. The van der Waals surface area contributed by atoms with Crippen molar-refractivity contribution in [2.45, 2.75) is 12.8 Å². The maximum Gasteiger partial charge on any atom is 0.307 e. The highest BCUT2D eigenvalue weighted by molar-refractivity contribution is 5.87. The molecule has 0 aliphatic carbocycles. The van der Waals surface area contributed by atoms with Crippen molar-refractivity contribution in [2.75, 3.05) is 0 Å². The summed E-state index contributed by atoms with van der Waals surface area (Å²) in [6.07, 6.45) is 3.64.